The van der Waals surface area contributed by atoms with Crippen molar-refractivity contribution in [2.24, 2.45) is 5.92 Å². The molecule has 0 amide bonds. The molecule has 1 heterocycles. The zero-order valence-corrected chi connectivity index (χ0v) is 12.5. The minimum atomic E-state index is -0.954. The second-order valence-corrected chi connectivity index (χ2v) is 4.59. The fourth-order valence-corrected chi connectivity index (χ4v) is 2.72. The Labute approximate surface area is 117 Å². The van der Waals surface area contributed by atoms with Crippen LogP contribution in [-0.4, -0.2) is 41.4 Å². The third-order valence-electron chi connectivity index (χ3n) is 2.62. The Balaban J connectivity index is 2.70. The molecule has 1 aliphatic heterocycles. The summed E-state index contributed by atoms with van der Waals surface area (Å²) >= 11 is 3.47. The summed E-state index contributed by atoms with van der Waals surface area (Å²) in [4.78, 5) is 0. The van der Waals surface area contributed by atoms with Gasteiger partial charge in [-0.1, -0.05) is 6.92 Å². The predicted octanol–water partition coefficient (Wildman–Crippen LogP) is 1.19. The van der Waals surface area contributed by atoms with Gasteiger partial charge in [0.1, 0.15) is 58.2 Å². The van der Waals surface area contributed by atoms with Gasteiger partial charge in [0, 0.05) is 5.92 Å². The van der Waals surface area contributed by atoms with Crippen molar-refractivity contribution in [3.8, 4) is 0 Å². The lowest BCUT2D eigenvalue weighted by Crippen LogP contribution is -2.55. The largest absolute Gasteiger partial charge is 0.390 e. The average Bonchev–Trinajstić information content (AvgIpc) is 2.19. The fraction of sp³-hybridized carbons (Fsp3) is 1.00. The fourth-order valence-electron chi connectivity index (χ4n) is 1.74. The van der Waals surface area contributed by atoms with Crippen LogP contribution in [0.5, 0.6) is 0 Å². The maximum Gasteiger partial charge on any atom is 0.160 e. The SMILES string of the molecule is CC[C@H]1C(O)OC(COI)[C@@H](OI)C1O. The van der Waals surface area contributed by atoms with Crippen LogP contribution in [0.25, 0.3) is 0 Å². The van der Waals surface area contributed by atoms with E-state index in [2.05, 4.69) is 0 Å². The van der Waals surface area contributed by atoms with Gasteiger partial charge < -0.3 is 21.1 Å². The summed E-state index contributed by atoms with van der Waals surface area (Å²) in [7, 11) is 0. The van der Waals surface area contributed by atoms with E-state index in [9.17, 15) is 10.2 Å². The lowest BCUT2D eigenvalue weighted by atomic mass is 9.89. The van der Waals surface area contributed by atoms with Crippen LogP contribution in [0, 0.1) is 5.92 Å². The van der Waals surface area contributed by atoms with Gasteiger partial charge in [-0.2, -0.15) is 0 Å². The van der Waals surface area contributed by atoms with Crippen molar-refractivity contribution in [1.29, 1.82) is 0 Å². The summed E-state index contributed by atoms with van der Waals surface area (Å²) in [5.41, 5.74) is 0. The molecule has 0 bridgehead atoms. The van der Waals surface area contributed by atoms with Gasteiger partial charge in [-0.05, 0) is 6.42 Å². The summed E-state index contributed by atoms with van der Waals surface area (Å²) in [6.45, 7) is 2.17. The molecule has 7 heteroatoms. The van der Waals surface area contributed by atoms with E-state index < -0.39 is 24.6 Å². The zero-order chi connectivity index (χ0) is 11.4. The van der Waals surface area contributed by atoms with Crippen LogP contribution in [0.15, 0.2) is 0 Å². The number of hydrogen-bond acceptors (Lipinski definition) is 5. The highest BCUT2D eigenvalue weighted by Crippen LogP contribution is 2.30. The minimum Gasteiger partial charge on any atom is -0.390 e. The van der Waals surface area contributed by atoms with E-state index in [0.717, 1.165) is 0 Å². The molecule has 3 unspecified atom stereocenters. The first kappa shape index (κ1) is 14.3. The summed E-state index contributed by atoms with van der Waals surface area (Å²) in [6.07, 6.45) is -1.95. The van der Waals surface area contributed by atoms with Crippen LogP contribution >= 0.6 is 46.0 Å². The molecule has 1 aliphatic rings. The third-order valence-corrected chi connectivity index (χ3v) is 3.57. The quantitative estimate of drug-likeness (QED) is 0.639. The Morgan fingerprint density at radius 2 is 2.00 bits per heavy atom. The highest BCUT2D eigenvalue weighted by Gasteiger charge is 2.44. The molecule has 1 fully saturated rings. The Morgan fingerprint density at radius 3 is 2.47 bits per heavy atom. The lowest BCUT2D eigenvalue weighted by Gasteiger charge is -2.41. The molecule has 0 saturated carbocycles. The van der Waals surface area contributed by atoms with Crippen LogP contribution < -0.4 is 0 Å². The van der Waals surface area contributed by atoms with Crippen LogP contribution in [0.2, 0.25) is 0 Å². The molecule has 15 heavy (non-hydrogen) atoms. The summed E-state index contributed by atoms with van der Waals surface area (Å²) in [6, 6.07) is 0. The van der Waals surface area contributed by atoms with Crippen molar-refractivity contribution in [2.45, 2.75) is 37.9 Å². The molecule has 0 aromatic rings. The Morgan fingerprint density at radius 1 is 1.33 bits per heavy atom. The molecule has 0 radical (unpaired) electrons. The Bertz CT molecular complexity index is 192. The molecule has 0 aliphatic carbocycles. The number of rotatable bonds is 4. The van der Waals surface area contributed by atoms with Gasteiger partial charge in [0.05, 0.1) is 12.7 Å². The van der Waals surface area contributed by atoms with Crippen LogP contribution in [0.3, 0.4) is 0 Å². The van der Waals surface area contributed by atoms with Crippen molar-refractivity contribution in [2.75, 3.05) is 6.61 Å². The first-order valence-electron chi connectivity index (χ1n) is 4.68. The van der Waals surface area contributed by atoms with Gasteiger partial charge in [0.15, 0.2) is 6.29 Å². The molecule has 90 valence electrons. The number of halogens is 2. The Hall–Kier alpha value is 1.26. The third kappa shape index (κ3) is 3.36. The van der Waals surface area contributed by atoms with E-state index in [4.69, 9.17) is 10.9 Å². The normalized spacial score (nSPS) is 41.8. The van der Waals surface area contributed by atoms with Crippen molar-refractivity contribution in [3.05, 3.63) is 0 Å². The summed E-state index contributed by atoms with van der Waals surface area (Å²) in [5, 5.41) is 19.6. The minimum absolute atomic E-state index is 0.277. The molecular weight excluding hydrogens is 430 g/mol. The maximum atomic E-state index is 9.97. The summed E-state index contributed by atoms with van der Waals surface area (Å²) < 4.78 is 15.4. The Kier molecular flexibility index (Phi) is 6.55. The highest BCUT2D eigenvalue weighted by atomic mass is 127. The first-order chi connectivity index (χ1) is 7.15. The molecule has 0 spiro atoms. The van der Waals surface area contributed by atoms with E-state index >= 15 is 0 Å². The molecule has 1 rings (SSSR count). The molecule has 0 aromatic heterocycles. The van der Waals surface area contributed by atoms with E-state index in [1.807, 2.05) is 6.92 Å². The lowest BCUT2D eigenvalue weighted by molar-refractivity contribution is -0.257. The predicted molar refractivity (Wildman–Crippen MR) is 69.5 cm³/mol. The smallest absolute Gasteiger partial charge is 0.160 e. The standard InChI is InChI=1S/C8H14I2O5/c1-2-4-6(11)7(15-10)5(3-13-9)14-8(4)12/h4-8,11-12H,2-3H2,1H3/t4-,5?,6?,7-,8?/m1/s1. The van der Waals surface area contributed by atoms with Gasteiger partial charge in [-0.15, -0.1) is 0 Å². The van der Waals surface area contributed by atoms with Gasteiger partial charge in [0.2, 0.25) is 0 Å². The first-order valence-corrected chi connectivity index (χ1v) is 6.44. The second-order valence-electron chi connectivity index (χ2n) is 3.46. The topological polar surface area (TPSA) is 68.2 Å². The number of hydrogen-bond donors (Lipinski definition) is 2. The van der Waals surface area contributed by atoms with Crippen LogP contribution in [-0.2, 0) is 10.9 Å². The highest BCUT2D eigenvalue weighted by molar-refractivity contribution is 14.1. The van der Waals surface area contributed by atoms with Gasteiger partial charge in [-0.25, -0.2) is 0 Å². The van der Waals surface area contributed by atoms with Gasteiger partial charge in [0.25, 0.3) is 0 Å². The molecule has 0 aromatic carbocycles. The molecule has 1 saturated heterocycles. The molecule has 5 nitrogen and oxygen atoms in total. The molecule has 2 N–H and O–H groups in total. The van der Waals surface area contributed by atoms with E-state index in [0.29, 0.717) is 6.42 Å². The van der Waals surface area contributed by atoms with E-state index in [1.165, 1.54) is 0 Å². The monoisotopic (exact) mass is 444 g/mol. The second kappa shape index (κ2) is 6.87. The van der Waals surface area contributed by atoms with Gasteiger partial charge >= 0.3 is 0 Å². The van der Waals surface area contributed by atoms with Crippen LogP contribution in [0.4, 0.5) is 0 Å². The maximum absolute atomic E-state index is 9.97. The zero-order valence-electron chi connectivity index (χ0n) is 8.18. The molecular formula is C8H14I2O5. The van der Waals surface area contributed by atoms with E-state index in [-0.39, 0.29) is 12.5 Å². The number of aliphatic hydroxyl groups excluding tert-OH is 2. The van der Waals surface area contributed by atoms with Crippen LogP contribution in [0.1, 0.15) is 13.3 Å². The van der Waals surface area contributed by atoms with Crippen molar-refractivity contribution in [1.82, 2.24) is 0 Å². The molecule has 5 atom stereocenters. The van der Waals surface area contributed by atoms with Crippen molar-refractivity contribution in [3.63, 3.8) is 0 Å². The van der Waals surface area contributed by atoms with Gasteiger partial charge in [-0.3, -0.25) is 0 Å². The average molecular weight is 444 g/mol. The summed E-state index contributed by atoms with van der Waals surface area (Å²) in [5.74, 6) is -0.310. The van der Waals surface area contributed by atoms with E-state index in [1.54, 1.807) is 46.0 Å². The number of aliphatic hydroxyl groups is 2. The number of ether oxygens (including phenoxy) is 1. The van der Waals surface area contributed by atoms with Crippen molar-refractivity contribution >= 4 is 46.0 Å². The van der Waals surface area contributed by atoms with Crippen molar-refractivity contribution < 1.29 is 21.1 Å².